The summed E-state index contributed by atoms with van der Waals surface area (Å²) in [6.45, 7) is 7.88. The van der Waals surface area contributed by atoms with Crippen LogP contribution in [0, 0.1) is 0 Å². The number of aryl methyl sites for hydroxylation is 2. The van der Waals surface area contributed by atoms with Gasteiger partial charge in [-0.25, -0.2) is 4.98 Å². The SMILES string of the molecule is C=CCc1ccc(OCc2nc3ccccc3n2CCCCOc2ccc(CC)cc2)c(OC)c1. The third kappa shape index (κ3) is 6.24. The molecule has 182 valence electrons. The number of aromatic nitrogens is 2. The van der Waals surface area contributed by atoms with Crippen LogP contribution >= 0.6 is 0 Å². The number of fused-ring (bicyclic) bond motifs is 1. The molecule has 4 aromatic rings. The fourth-order valence-corrected chi connectivity index (χ4v) is 4.14. The van der Waals surface area contributed by atoms with Gasteiger partial charge in [-0.2, -0.15) is 0 Å². The second-order valence-electron chi connectivity index (χ2n) is 8.49. The van der Waals surface area contributed by atoms with Gasteiger partial charge in [-0.05, 0) is 73.2 Å². The molecule has 5 heteroatoms. The molecule has 3 aromatic carbocycles. The van der Waals surface area contributed by atoms with Crippen molar-refractivity contribution < 1.29 is 14.2 Å². The van der Waals surface area contributed by atoms with Crippen molar-refractivity contribution in [2.75, 3.05) is 13.7 Å². The van der Waals surface area contributed by atoms with Gasteiger partial charge in [-0.1, -0.05) is 43.3 Å². The normalized spacial score (nSPS) is 10.9. The summed E-state index contributed by atoms with van der Waals surface area (Å²) < 4.78 is 19.9. The van der Waals surface area contributed by atoms with Crippen LogP contribution in [0.4, 0.5) is 0 Å². The van der Waals surface area contributed by atoms with Gasteiger partial charge in [0.05, 0.1) is 24.8 Å². The highest BCUT2D eigenvalue weighted by molar-refractivity contribution is 5.75. The zero-order valence-corrected chi connectivity index (χ0v) is 20.7. The number of methoxy groups -OCH3 is 1. The summed E-state index contributed by atoms with van der Waals surface area (Å²) in [7, 11) is 1.66. The fraction of sp³-hybridized carbons (Fsp3) is 0.300. The Balaban J connectivity index is 1.39. The predicted molar refractivity (Wildman–Crippen MR) is 142 cm³/mol. The van der Waals surface area contributed by atoms with Gasteiger partial charge in [-0.3, -0.25) is 0 Å². The second kappa shape index (κ2) is 12.1. The Morgan fingerprint density at radius 1 is 0.914 bits per heavy atom. The molecule has 0 aliphatic rings. The Kier molecular flexibility index (Phi) is 8.44. The first-order valence-electron chi connectivity index (χ1n) is 12.3. The van der Waals surface area contributed by atoms with Crippen molar-refractivity contribution in [2.24, 2.45) is 0 Å². The van der Waals surface area contributed by atoms with E-state index in [9.17, 15) is 0 Å². The maximum atomic E-state index is 6.16. The van der Waals surface area contributed by atoms with Gasteiger partial charge >= 0.3 is 0 Å². The van der Waals surface area contributed by atoms with E-state index in [0.29, 0.717) is 19.0 Å². The van der Waals surface area contributed by atoms with E-state index in [0.717, 1.165) is 66.1 Å². The number of para-hydroxylation sites is 2. The molecule has 0 aliphatic heterocycles. The lowest BCUT2D eigenvalue weighted by Gasteiger charge is -2.13. The lowest BCUT2D eigenvalue weighted by Crippen LogP contribution is -2.09. The molecule has 0 amide bonds. The largest absolute Gasteiger partial charge is 0.494 e. The van der Waals surface area contributed by atoms with Gasteiger partial charge in [-0.15, -0.1) is 6.58 Å². The molecular formula is C30H34N2O3. The van der Waals surface area contributed by atoms with Crippen molar-refractivity contribution in [2.45, 2.75) is 45.8 Å². The molecule has 0 unspecified atom stereocenters. The number of imidazole rings is 1. The zero-order chi connectivity index (χ0) is 24.5. The van der Waals surface area contributed by atoms with Gasteiger partial charge in [0.2, 0.25) is 0 Å². The van der Waals surface area contributed by atoms with Crippen molar-refractivity contribution in [3.8, 4) is 17.2 Å². The van der Waals surface area contributed by atoms with Crippen molar-refractivity contribution in [1.29, 1.82) is 0 Å². The smallest absolute Gasteiger partial charge is 0.161 e. The average molecular weight is 471 g/mol. The maximum absolute atomic E-state index is 6.16. The molecule has 1 heterocycles. The number of nitrogens with zero attached hydrogens (tertiary/aromatic N) is 2. The Hall–Kier alpha value is -3.73. The second-order valence-corrected chi connectivity index (χ2v) is 8.49. The Morgan fingerprint density at radius 3 is 2.49 bits per heavy atom. The number of ether oxygens (including phenoxy) is 3. The molecule has 4 rings (SSSR count). The van der Waals surface area contributed by atoms with Gasteiger partial charge in [0, 0.05) is 6.54 Å². The van der Waals surface area contributed by atoms with Crippen molar-refractivity contribution in [3.05, 3.63) is 96.3 Å². The van der Waals surface area contributed by atoms with E-state index in [1.54, 1.807) is 7.11 Å². The highest BCUT2D eigenvalue weighted by Gasteiger charge is 2.13. The molecule has 0 bridgehead atoms. The lowest BCUT2D eigenvalue weighted by molar-refractivity contribution is 0.269. The fourth-order valence-electron chi connectivity index (χ4n) is 4.14. The molecule has 0 radical (unpaired) electrons. The van der Waals surface area contributed by atoms with Crippen LogP contribution < -0.4 is 14.2 Å². The van der Waals surface area contributed by atoms with Crippen LogP contribution in [0.25, 0.3) is 11.0 Å². The van der Waals surface area contributed by atoms with E-state index in [1.807, 2.05) is 36.4 Å². The number of rotatable bonds is 13. The minimum absolute atomic E-state index is 0.367. The highest BCUT2D eigenvalue weighted by Crippen LogP contribution is 2.29. The van der Waals surface area contributed by atoms with E-state index in [-0.39, 0.29) is 0 Å². The summed E-state index contributed by atoms with van der Waals surface area (Å²) in [5.41, 5.74) is 4.56. The van der Waals surface area contributed by atoms with E-state index in [1.165, 1.54) is 5.56 Å². The van der Waals surface area contributed by atoms with E-state index in [2.05, 4.69) is 54.5 Å². The Labute approximate surface area is 208 Å². The van der Waals surface area contributed by atoms with Crippen LogP contribution in [0.15, 0.2) is 79.4 Å². The summed E-state index contributed by atoms with van der Waals surface area (Å²) in [6.07, 6.45) is 5.66. The number of unbranched alkanes of at least 4 members (excludes halogenated alkanes) is 1. The van der Waals surface area contributed by atoms with Crippen LogP contribution in [0.1, 0.15) is 36.7 Å². The van der Waals surface area contributed by atoms with Gasteiger partial charge in [0.1, 0.15) is 18.2 Å². The van der Waals surface area contributed by atoms with Crippen molar-refractivity contribution in [3.63, 3.8) is 0 Å². The number of hydrogen-bond acceptors (Lipinski definition) is 4. The molecular weight excluding hydrogens is 436 g/mol. The molecule has 35 heavy (non-hydrogen) atoms. The summed E-state index contributed by atoms with van der Waals surface area (Å²) in [5, 5.41) is 0. The number of hydrogen-bond donors (Lipinski definition) is 0. The maximum Gasteiger partial charge on any atom is 0.161 e. The number of benzene rings is 3. The van der Waals surface area contributed by atoms with Crippen LogP contribution in [0.3, 0.4) is 0 Å². The van der Waals surface area contributed by atoms with Crippen LogP contribution in [0.5, 0.6) is 17.2 Å². The minimum atomic E-state index is 0.367. The minimum Gasteiger partial charge on any atom is -0.494 e. The zero-order valence-electron chi connectivity index (χ0n) is 20.7. The van der Waals surface area contributed by atoms with Gasteiger partial charge in [0.25, 0.3) is 0 Å². The summed E-state index contributed by atoms with van der Waals surface area (Å²) in [4.78, 5) is 4.85. The first-order chi connectivity index (χ1) is 17.2. The highest BCUT2D eigenvalue weighted by atomic mass is 16.5. The van der Waals surface area contributed by atoms with Crippen LogP contribution in [-0.4, -0.2) is 23.3 Å². The van der Waals surface area contributed by atoms with E-state index >= 15 is 0 Å². The molecule has 0 fully saturated rings. The Morgan fingerprint density at radius 2 is 1.71 bits per heavy atom. The molecule has 1 aromatic heterocycles. The van der Waals surface area contributed by atoms with Gasteiger partial charge in [0.15, 0.2) is 11.5 Å². The first-order valence-corrected chi connectivity index (χ1v) is 12.3. The predicted octanol–water partition coefficient (Wildman–Crippen LogP) is 6.77. The molecule has 0 atom stereocenters. The topological polar surface area (TPSA) is 45.5 Å². The molecule has 0 aliphatic carbocycles. The van der Waals surface area contributed by atoms with E-state index < -0.39 is 0 Å². The van der Waals surface area contributed by atoms with E-state index in [4.69, 9.17) is 19.2 Å². The quantitative estimate of drug-likeness (QED) is 0.160. The first kappa shape index (κ1) is 24.4. The molecule has 0 saturated heterocycles. The van der Waals surface area contributed by atoms with Crippen LogP contribution in [0.2, 0.25) is 0 Å². The molecule has 0 saturated carbocycles. The Bertz CT molecular complexity index is 1240. The molecule has 5 nitrogen and oxygen atoms in total. The summed E-state index contributed by atoms with van der Waals surface area (Å²) in [5.74, 6) is 3.26. The monoisotopic (exact) mass is 470 g/mol. The lowest BCUT2D eigenvalue weighted by atomic mass is 10.1. The third-order valence-corrected chi connectivity index (χ3v) is 6.07. The van der Waals surface area contributed by atoms with Gasteiger partial charge < -0.3 is 18.8 Å². The van der Waals surface area contributed by atoms with Crippen molar-refractivity contribution >= 4 is 11.0 Å². The summed E-state index contributed by atoms with van der Waals surface area (Å²) >= 11 is 0. The standard InChI is InChI=1S/C30H34N2O3/c1-4-10-24-15-18-28(29(21-24)33-3)35-22-30-31-26-11-6-7-12-27(26)32(30)19-8-9-20-34-25-16-13-23(5-2)14-17-25/h4,6-7,11-18,21H,1,5,8-10,19-20,22H2,2-3H3. The molecule has 0 spiro atoms. The third-order valence-electron chi connectivity index (χ3n) is 6.07. The van der Waals surface area contributed by atoms with Crippen LogP contribution in [-0.2, 0) is 26.0 Å². The summed E-state index contributed by atoms with van der Waals surface area (Å²) in [6, 6.07) is 22.6. The van der Waals surface area contributed by atoms with Crippen molar-refractivity contribution in [1.82, 2.24) is 9.55 Å². The average Bonchev–Trinajstić information content (AvgIpc) is 3.25. The number of allylic oxidation sites excluding steroid dienone is 1. The molecule has 0 N–H and O–H groups in total.